The summed E-state index contributed by atoms with van der Waals surface area (Å²) in [5.41, 5.74) is -3.26. The largest absolute Gasteiger partial charge is 0.304 e. The standard InChI is InChI=1S/C23H26ClN3O/c1-2-26-14-5-6-19(13-15-26)27-23(28)21-8-4-3-7-20(21)22(25-27)16-17-9-11-18(24)12-10-17/h3-4,7-12,19H,2,5-6,13-16H2,1H3/i2D2,3D,4D,5D2,6D2,7D,8D,9D,10D,11D,12D,13D2,14D2,15D2,19D. The van der Waals surface area contributed by atoms with Gasteiger partial charge in [-0.05, 0) is 55.8 Å². The Bertz CT molecular complexity index is 1940. The van der Waals surface area contributed by atoms with Crippen LogP contribution in [-0.2, 0) is 6.42 Å². The van der Waals surface area contributed by atoms with Crippen LogP contribution in [0.2, 0.25) is 5.02 Å². The zero-order valence-electron chi connectivity index (χ0n) is 35.3. The van der Waals surface area contributed by atoms with E-state index in [0.29, 0.717) is 6.92 Å². The lowest BCUT2D eigenvalue weighted by atomic mass is 10.0. The van der Waals surface area contributed by atoms with E-state index in [4.69, 9.17) is 39.0 Å². The molecule has 1 aromatic heterocycles. The Kier molecular flexibility index (Phi) is 1.94. The molecule has 3 aromatic rings. The summed E-state index contributed by atoms with van der Waals surface area (Å²) in [5, 5.41) is 1.36. The molecule has 1 fully saturated rings. The van der Waals surface area contributed by atoms with E-state index in [1.54, 1.807) is 0 Å². The minimum Gasteiger partial charge on any atom is -0.304 e. The molecule has 4 nitrogen and oxygen atoms in total. The molecule has 2 aromatic carbocycles. The average molecular weight is 417 g/mol. The quantitative estimate of drug-likeness (QED) is 0.619. The van der Waals surface area contributed by atoms with Crippen LogP contribution < -0.4 is 5.56 Å². The van der Waals surface area contributed by atoms with Gasteiger partial charge in [-0.2, -0.15) is 5.10 Å². The van der Waals surface area contributed by atoms with Crippen LogP contribution in [0, 0.1) is 0 Å². The predicted molar refractivity (Wildman–Crippen MR) is 115 cm³/mol. The van der Waals surface area contributed by atoms with Crippen molar-refractivity contribution < 1.29 is 28.8 Å². The maximum absolute atomic E-state index is 14.2. The van der Waals surface area contributed by atoms with Crippen LogP contribution in [0.5, 0.6) is 0 Å². The molecule has 0 spiro atoms. The summed E-state index contributed by atoms with van der Waals surface area (Å²) in [7, 11) is 0. The van der Waals surface area contributed by atoms with E-state index in [1.807, 2.05) is 0 Å². The first-order valence-corrected chi connectivity index (χ1v) is 8.27. The zero-order valence-corrected chi connectivity index (χ0v) is 15.1. The van der Waals surface area contributed by atoms with Crippen molar-refractivity contribution in [2.24, 2.45) is 0 Å². The van der Waals surface area contributed by atoms with Gasteiger partial charge in [0, 0.05) is 39.8 Å². The molecule has 4 rings (SSSR count). The molecule has 5 heteroatoms. The molecule has 0 aliphatic carbocycles. The number of benzene rings is 2. The Morgan fingerprint density at radius 2 is 1.96 bits per heavy atom. The van der Waals surface area contributed by atoms with Gasteiger partial charge in [0.15, 0.2) is 0 Å². The number of fused-ring (bicyclic) bond motifs is 1. The van der Waals surface area contributed by atoms with Crippen LogP contribution in [0.4, 0.5) is 0 Å². The van der Waals surface area contributed by atoms with E-state index in [9.17, 15) is 6.17 Å². The maximum Gasteiger partial charge on any atom is 0.274 e. The van der Waals surface area contributed by atoms with Crippen molar-refractivity contribution in [3.8, 4) is 0 Å². The molecule has 0 amide bonds. The topological polar surface area (TPSA) is 38.1 Å². The van der Waals surface area contributed by atoms with Gasteiger partial charge in [0.2, 0.25) is 0 Å². The van der Waals surface area contributed by atoms with Crippen molar-refractivity contribution in [1.82, 2.24) is 14.7 Å². The molecule has 1 saturated heterocycles. The fourth-order valence-electron chi connectivity index (χ4n) is 2.39. The van der Waals surface area contributed by atoms with E-state index in [-0.39, 0.29) is 0 Å². The van der Waals surface area contributed by atoms with E-state index >= 15 is 0 Å². The fourth-order valence-corrected chi connectivity index (χ4v) is 2.49. The van der Waals surface area contributed by atoms with Gasteiger partial charge < -0.3 is 4.90 Å². The van der Waals surface area contributed by atoms with E-state index in [2.05, 4.69) is 5.10 Å². The van der Waals surface area contributed by atoms with Crippen molar-refractivity contribution in [3.63, 3.8) is 0 Å². The maximum atomic E-state index is 14.2. The Morgan fingerprint density at radius 1 is 1.21 bits per heavy atom. The summed E-state index contributed by atoms with van der Waals surface area (Å²) in [6.45, 7) is -11.1. The SMILES string of the molecule is [2H]c1c([2H])c(Cc2nn(C3([2H])C([2H])([2H])C([2H])([2H])N(C([2H])([2H])C)C([2H])([2H])C([2H])([2H])C3([2H])[2H])c(=O)c3c([2H])c([2H])c([2H])c([2H])c23)c([2H])c([2H])c1Cl. The summed E-state index contributed by atoms with van der Waals surface area (Å²) in [5.74, 6) is 0. The predicted octanol–water partition coefficient (Wildman–Crippen LogP) is 4.69. The van der Waals surface area contributed by atoms with Gasteiger partial charge in [0.1, 0.15) is 0 Å². The Balaban J connectivity index is 2.33. The van der Waals surface area contributed by atoms with Crippen LogP contribution in [0.25, 0.3) is 10.8 Å². The lowest BCUT2D eigenvalue weighted by molar-refractivity contribution is 0.292. The van der Waals surface area contributed by atoms with Crippen LogP contribution >= 0.6 is 11.6 Å². The van der Waals surface area contributed by atoms with Gasteiger partial charge in [-0.25, -0.2) is 4.68 Å². The first kappa shape index (κ1) is 6.41. The smallest absolute Gasteiger partial charge is 0.274 e. The molecule has 1 unspecified atom stereocenters. The van der Waals surface area contributed by atoms with E-state index in [1.165, 1.54) is 0 Å². The lowest BCUT2D eigenvalue weighted by Crippen LogP contribution is -2.30. The Morgan fingerprint density at radius 3 is 2.71 bits per heavy atom. The van der Waals surface area contributed by atoms with Crippen LogP contribution in [0.15, 0.2) is 53.1 Å². The van der Waals surface area contributed by atoms with Gasteiger partial charge in [-0.15, -0.1) is 0 Å². The highest BCUT2D eigenvalue weighted by molar-refractivity contribution is 6.30. The highest BCUT2D eigenvalue weighted by Crippen LogP contribution is 2.24. The third-order valence-electron chi connectivity index (χ3n) is 3.66. The number of likely N-dealkylation sites (tertiary alicyclic amines) is 1. The van der Waals surface area contributed by atoms with Crippen LogP contribution in [0.1, 0.15) is 72.1 Å². The van der Waals surface area contributed by atoms with E-state index < -0.39 is 142 Å². The highest BCUT2D eigenvalue weighted by Gasteiger charge is 2.21. The summed E-state index contributed by atoms with van der Waals surface area (Å²) >= 11 is 5.89. The molecule has 1 aliphatic rings. The fraction of sp³-hybridized carbons (Fsp3) is 0.391. The van der Waals surface area contributed by atoms with Crippen molar-refractivity contribution in [2.45, 2.75) is 38.5 Å². The normalized spacial score (nSPS) is 41.3. The number of nitrogens with zero attached hydrogens (tertiary/aromatic N) is 3. The first-order valence-electron chi connectivity index (χ1n) is 18.4. The summed E-state index contributed by atoms with van der Waals surface area (Å²) in [6.07, 6.45) is -14.0. The van der Waals surface area contributed by atoms with Crippen molar-refractivity contribution in [2.75, 3.05) is 19.5 Å². The third kappa shape index (κ3) is 3.98. The second kappa shape index (κ2) is 8.46. The van der Waals surface area contributed by atoms with Gasteiger partial charge in [-0.3, -0.25) is 4.79 Å². The molecule has 0 radical (unpaired) electrons. The summed E-state index contributed by atoms with van der Waals surface area (Å²) in [6, 6.07) is -11.6. The molecule has 2 heterocycles. The zero-order chi connectivity index (χ0) is 38.2. The molecule has 28 heavy (non-hydrogen) atoms. The molecule has 1 atom stereocenters. The van der Waals surface area contributed by atoms with Gasteiger partial charge in [0.25, 0.3) is 5.56 Å². The molecule has 0 bridgehead atoms. The van der Waals surface area contributed by atoms with Crippen molar-refractivity contribution in [3.05, 3.63) is 75.0 Å². The third-order valence-corrected chi connectivity index (χ3v) is 3.85. The first-order chi connectivity index (χ1) is 21.8. The van der Waals surface area contributed by atoms with E-state index in [0.717, 1.165) is 0 Å². The summed E-state index contributed by atoms with van der Waals surface area (Å²) in [4.78, 5) is 13.7. The molecule has 1 aliphatic heterocycles. The lowest BCUT2D eigenvalue weighted by Gasteiger charge is -2.20. The molecule has 0 N–H and O–H groups in total. The van der Waals surface area contributed by atoms with Crippen LogP contribution in [-0.4, -0.2) is 34.2 Å². The number of halogens is 1. The van der Waals surface area contributed by atoms with Gasteiger partial charge in [-0.1, -0.05) is 48.7 Å². The highest BCUT2D eigenvalue weighted by atomic mass is 35.5. The van der Waals surface area contributed by atoms with Crippen molar-refractivity contribution >= 4 is 22.4 Å². The Hall–Kier alpha value is -2.17. The minimum absolute atomic E-state index is 0.432. The number of aromatic nitrogens is 2. The minimum atomic E-state index is -4.39. The second-order valence-corrected chi connectivity index (χ2v) is 5.77. The monoisotopic (exact) mass is 416 g/mol. The molecular formula is C23H26ClN3O. The van der Waals surface area contributed by atoms with Crippen LogP contribution in [0.3, 0.4) is 0 Å². The average Bonchev–Trinajstić information content (AvgIpc) is 2.98. The molecule has 146 valence electrons. The van der Waals surface area contributed by atoms with Crippen molar-refractivity contribution in [1.29, 1.82) is 0 Å². The molecular weight excluding hydrogens is 370 g/mol. The number of hydrogen-bond donors (Lipinski definition) is 0. The van der Waals surface area contributed by atoms with Gasteiger partial charge in [0.05, 0.1) is 29.4 Å². The Labute approximate surface area is 200 Å². The summed E-state index contributed by atoms with van der Waals surface area (Å²) < 4.78 is 178. The number of rotatable bonds is 4. The van der Waals surface area contributed by atoms with Gasteiger partial charge >= 0.3 is 0 Å². The second-order valence-electron chi connectivity index (χ2n) is 5.39. The molecule has 0 saturated carbocycles. The number of hydrogen-bond acceptors (Lipinski definition) is 3.